The number of hydrogen-bond donors (Lipinski definition) is 2. The van der Waals surface area contributed by atoms with Crippen LogP contribution in [0.2, 0.25) is 5.02 Å². The summed E-state index contributed by atoms with van der Waals surface area (Å²) in [6.07, 6.45) is -1.13. The SMILES string of the molecule is O=C(O)NCCN(C(=O)c1cc(Cl)ccc1Br)c1ccccc1. The Kier molecular flexibility index (Phi) is 6.01. The normalized spacial score (nSPS) is 10.2. The summed E-state index contributed by atoms with van der Waals surface area (Å²) in [5, 5.41) is 11.4. The molecule has 0 aliphatic rings. The van der Waals surface area contributed by atoms with Gasteiger partial charge in [-0.25, -0.2) is 4.79 Å². The quantitative estimate of drug-likeness (QED) is 0.800. The van der Waals surface area contributed by atoms with Gasteiger partial charge in [-0.1, -0.05) is 29.8 Å². The van der Waals surface area contributed by atoms with Crippen LogP contribution in [0.3, 0.4) is 0 Å². The molecule has 0 aromatic heterocycles. The van der Waals surface area contributed by atoms with Crippen LogP contribution in [0.5, 0.6) is 0 Å². The van der Waals surface area contributed by atoms with Crippen molar-refractivity contribution in [2.24, 2.45) is 0 Å². The number of rotatable bonds is 5. The zero-order chi connectivity index (χ0) is 16.8. The number of nitrogens with zero attached hydrogens (tertiary/aromatic N) is 1. The van der Waals surface area contributed by atoms with Crippen LogP contribution >= 0.6 is 27.5 Å². The van der Waals surface area contributed by atoms with E-state index in [1.165, 1.54) is 4.90 Å². The number of nitrogens with one attached hydrogen (secondary N) is 1. The van der Waals surface area contributed by atoms with E-state index in [0.29, 0.717) is 20.7 Å². The Labute approximate surface area is 147 Å². The molecule has 7 heteroatoms. The molecule has 0 unspecified atom stereocenters. The summed E-state index contributed by atoms with van der Waals surface area (Å²) in [7, 11) is 0. The van der Waals surface area contributed by atoms with Crippen LogP contribution in [0.25, 0.3) is 0 Å². The first-order chi connectivity index (χ1) is 11.0. The minimum Gasteiger partial charge on any atom is -0.465 e. The van der Waals surface area contributed by atoms with Gasteiger partial charge in [-0.05, 0) is 46.3 Å². The second kappa shape index (κ2) is 7.99. The molecule has 0 spiro atoms. The maximum atomic E-state index is 12.9. The van der Waals surface area contributed by atoms with E-state index in [1.807, 2.05) is 18.2 Å². The third-order valence-electron chi connectivity index (χ3n) is 3.08. The molecule has 2 rings (SSSR count). The van der Waals surface area contributed by atoms with E-state index in [1.54, 1.807) is 30.3 Å². The van der Waals surface area contributed by atoms with Gasteiger partial charge in [0, 0.05) is 28.3 Å². The molecule has 120 valence electrons. The zero-order valence-electron chi connectivity index (χ0n) is 12.0. The van der Waals surface area contributed by atoms with E-state index in [0.717, 1.165) is 0 Å². The smallest absolute Gasteiger partial charge is 0.404 e. The second-order valence-electron chi connectivity index (χ2n) is 4.65. The lowest BCUT2D eigenvalue weighted by molar-refractivity contribution is 0.0985. The van der Waals surface area contributed by atoms with Crippen molar-refractivity contribution in [2.45, 2.75) is 0 Å². The Morgan fingerprint density at radius 1 is 1.17 bits per heavy atom. The first-order valence-corrected chi connectivity index (χ1v) is 7.95. The van der Waals surface area contributed by atoms with Crippen LogP contribution in [-0.2, 0) is 0 Å². The Bertz CT molecular complexity index is 710. The molecule has 23 heavy (non-hydrogen) atoms. The molecule has 0 radical (unpaired) electrons. The van der Waals surface area contributed by atoms with Gasteiger partial charge in [-0.2, -0.15) is 0 Å². The van der Waals surface area contributed by atoms with Crippen molar-refractivity contribution in [3.8, 4) is 0 Å². The van der Waals surface area contributed by atoms with E-state index in [4.69, 9.17) is 16.7 Å². The fourth-order valence-corrected chi connectivity index (χ4v) is 2.63. The Hall–Kier alpha value is -2.05. The van der Waals surface area contributed by atoms with Gasteiger partial charge in [-0.3, -0.25) is 4.79 Å². The van der Waals surface area contributed by atoms with Gasteiger partial charge in [0.1, 0.15) is 0 Å². The van der Waals surface area contributed by atoms with E-state index in [-0.39, 0.29) is 19.0 Å². The predicted molar refractivity (Wildman–Crippen MR) is 93.3 cm³/mol. The van der Waals surface area contributed by atoms with Crippen molar-refractivity contribution in [1.29, 1.82) is 0 Å². The summed E-state index contributed by atoms with van der Waals surface area (Å²) in [6, 6.07) is 14.0. The molecule has 5 nitrogen and oxygen atoms in total. The Morgan fingerprint density at radius 2 is 1.87 bits per heavy atom. The van der Waals surface area contributed by atoms with Crippen LogP contribution in [0.1, 0.15) is 10.4 Å². The Balaban J connectivity index is 2.30. The first-order valence-electron chi connectivity index (χ1n) is 6.78. The minimum absolute atomic E-state index is 0.119. The first kappa shape index (κ1) is 17.3. The molecule has 0 fully saturated rings. The third-order valence-corrected chi connectivity index (χ3v) is 4.01. The maximum absolute atomic E-state index is 12.9. The van der Waals surface area contributed by atoms with E-state index < -0.39 is 6.09 Å². The second-order valence-corrected chi connectivity index (χ2v) is 5.94. The number of carbonyl (C=O) groups excluding carboxylic acids is 1. The topological polar surface area (TPSA) is 69.6 Å². The zero-order valence-corrected chi connectivity index (χ0v) is 14.3. The monoisotopic (exact) mass is 396 g/mol. The standard InChI is InChI=1S/C16H14BrClN2O3/c17-14-7-6-11(18)10-13(14)15(21)20(9-8-19-16(22)23)12-4-2-1-3-5-12/h1-7,10,19H,8-9H2,(H,22,23). The molecular weight excluding hydrogens is 384 g/mol. The number of halogens is 2. The van der Waals surface area contributed by atoms with Crippen molar-refractivity contribution in [1.82, 2.24) is 5.32 Å². The highest BCUT2D eigenvalue weighted by Crippen LogP contribution is 2.25. The summed E-state index contributed by atoms with van der Waals surface area (Å²) < 4.78 is 0.624. The molecule has 0 aliphatic carbocycles. The van der Waals surface area contributed by atoms with E-state index >= 15 is 0 Å². The summed E-state index contributed by atoms with van der Waals surface area (Å²) in [6.45, 7) is 0.322. The molecule has 0 saturated carbocycles. The van der Waals surface area contributed by atoms with Gasteiger partial charge in [0.2, 0.25) is 0 Å². The van der Waals surface area contributed by atoms with Crippen molar-refractivity contribution < 1.29 is 14.7 Å². The molecule has 0 atom stereocenters. The van der Waals surface area contributed by atoms with Crippen LogP contribution < -0.4 is 10.2 Å². The lowest BCUT2D eigenvalue weighted by Gasteiger charge is -2.23. The highest BCUT2D eigenvalue weighted by molar-refractivity contribution is 9.10. The number of carbonyl (C=O) groups is 2. The molecule has 0 aliphatic heterocycles. The number of carboxylic acid groups (broad SMARTS) is 1. The lowest BCUT2D eigenvalue weighted by atomic mass is 10.1. The minimum atomic E-state index is -1.13. The number of para-hydroxylation sites is 1. The number of anilines is 1. The van der Waals surface area contributed by atoms with E-state index in [9.17, 15) is 9.59 Å². The molecule has 2 N–H and O–H groups in total. The molecule has 2 amide bonds. The number of hydrogen-bond acceptors (Lipinski definition) is 2. The average molecular weight is 398 g/mol. The summed E-state index contributed by atoms with van der Waals surface area (Å²) in [5.41, 5.74) is 1.09. The molecule has 2 aromatic rings. The van der Waals surface area contributed by atoms with Gasteiger partial charge < -0.3 is 15.3 Å². The molecule has 0 saturated heterocycles. The van der Waals surface area contributed by atoms with Crippen molar-refractivity contribution in [3.63, 3.8) is 0 Å². The molecule has 0 bridgehead atoms. The van der Waals surface area contributed by atoms with Crippen LogP contribution in [0, 0.1) is 0 Å². The molecule has 2 aromatic carbocycles. The number of benzene rings is 2. The van der Waals surface area contributed by atoms with Gasteiger partial charge in [0.05, 0.1) is 5.56 Å². The highest BCUT2D eigenvalue weighted by Gasteiger charge is 2.20. The summed E-state index contributed by atoms with van der Waals surface area (Å²) in [5.74, 6) is -0.266. The lowest BCUT2D eigenvalue weighted by Crippen LogP contribution is -2.38. The summed E-state index contributed by atoms with van der Waals surface area (Å²) in [4.78, 5) is 25.0. The van der Waals surface area contributed by atoms with Gasteiger partial charge in [0.25, 0.3) is 5.91 Å². The number of amides is 2. The maximum Gasteiger partial charge on any atom is 0.404 e. The predicted octanol–water partition coefficient (Wildman–Crippen LogP) is 4.02. The van der Waals surface area contributed by atoms with Gasteiger partial charge >= 0.3 is 6.09 Å². The van der Waals surface area contributed by atoms with Crippen LogP contribution in [0.4, 0.5) is 10.5 Å². The highest BCUT2D eigenvalue weighted by atomic mass is 79.9. The largest absolute Gasteiger partial charge is 0.465 e. The van der Waals surface area contributed by atoms with Crippen molar-refractivity contribution in [3.05, 3.63) is 63.6 Å². The Morgan fingerprint density at radius 3 is 2.52 bits per heavy atom. The molecular formula is C16H14BrClN2O3. The van der Waals surface area contributed by atoms with Gasteiger partial charge in [-0.15, -0.1) is 0 Å². The van der Waals surface area contributed by atoms with Crippen molar-refractivity contribution >= 4 is 45.2 Å². The summed E-state index contributed by atoms with van der Waals surface area (Å²) >= 11 is 9.32. The van der Waals surface area contributed by atoms with E-state index in [2.05, 4.69) is 21.2 Å². The van der Waals surface area contributed by atoms with Crippen molar-refractivity contribution in [2.75, 3.05) is 18.0 Å². The van der Waals surface area contributed by atoms with Crippen LogP contribution in [-0.4, -0.2) is 30.2 Å². The fourth-order valence-electron chi connectivity index (χ4n) is 2.04. The third kappa shape index (κ3) is 4.71. The van der Waals surface area contributed by atoms with Gasteiger partial charge in [0.15, 0.2) is 0 Å². The fraction of sp³-hybridized carbons (Fsp3) is 0.125. The molecule has 0 heterocycles. The average Bonchev–Trinajstić information content (AvgIpc) is 2.54. The van der Waals surface area contributed by atoms with Crippen LogP contribution in [0.15, 0.2) is 53.0 Å².